The van der Waals surface area contributed by atoms with Crippen LogP contribution in [0.1, 0.15) is 30.0 Å². The summed E-state index contributed by atoms with van der Waals surface area (Å²) < 4.78 is 5.38. The van der Waals surface area contributed by atoms with Crippen molar-refractivity contribution in [3.8, 4) is 0 Å². The highest BCUT2D eigenvalue weighted by atomic mass is 16.5. The molecule has 1 aromatic rings. The van der Waals surface area contributed by atoms with E-state index in [1.165, 1.54) is 16.7 Å². The summed E-state index contributed by atoms with van der Waals surface area (Å²) in [6.45, 7) is 3.21. The monoisotopic (exact) mass is 204 g/mol. The summed E-state index contributed by atoms with van der Waals surface area (Å²) in [7, 11) is 0. The molecule has 1 aromatic carbocycles. The smallest absolute Gasteiger partial charge is 0.130 e. The second-order valence-electron chi connectivity index (χ2n) is 4.11. The molecule has 1 aliphatic rings. The van der Waals surface area contributed by atoms with E-state index in [-0.39, 0.29) is 5.78 Å². The van der Waals surface area contributed by atoms with E-state index < -0.39 is 0 Å². The van der Waals surface area contributed by atoms with Crippen LogP contribution in [0.4, 0.5) is 0 Å². The first-order valence-corrected chi connectivity index (χ1v) is 5.43. The number of carbonyl (C=O) groups is 1. The molecule has 0 saturated heterocycles. The van der Waals surface area contributed by atoms with E-state index in [1.807, 2.05) is 0 Å². The van der Waals surface area contributed by atoms with Crippen molar-refractivity contribution in [3.05, 3.63) is 34.9 Å². The highest BCUT2D eigenvalue weighted by Crippen LogP contribution is 2.19. The van der Waals surface area contributed by atoms with Gasteiger partial charge in [0.2, 0.25) is 0 Å². The molecule has 0 aromatic heterocycles. The maximum absolute atomic E-state index is 10.9. The average molecular weight is 204 g/mol. The zero-order valence-electron chi connectivity index (χ0n) is 9.08. The molecule has 1 heterocycles. The van der Waals surface area contributed by atoms with Crippen molar-refractivity contribution in [1.82, 2.24) is 0 Å². The van der Waals surface area contributed by atoms with Crippen LogP contribution in [0.2, 0.25) is 0 Å². The van der Waals surface area contributed by atoms with E-state index >= 15 is 0 Å². The lowest BCUT2D eigenvalue weighted by Gasteiger charge is -2.17. The Morgan fingerprint density at radius 3 is 3.07 bits per heavy atom. The molecular weight excluding hydrogens is 188 g/mol. The largest absolute Gasteiger partial charge is 0.376 e. The topological polar surface area (TPSA) is 26.3 Å². The molecule has 0 radical (unpaired) electrons. The van der Waals surface area contributed by atoms with Gasteiger partial charge in [0.1, 0.15) is 5.78 Å². The molecule has 80 valence electrons. The van der Waals surface area contributed by atoms with E-state index in [2.05, 4.69) is 18.2 Å². The second kappa shape index (κ2) is 4.58. The van der Waals surface area contributed by atoms with Crippen molar-refractivity contribution in [1.29, 1.82) is 0 Å². The molecule has 0 aliphatic carbocycles. The SMILES string of the molecule is CC(=O)CCc1ccc2c(c1)CCOC2. The molecule has 0 bridgehead atoms. The fourth-order valence-corrected chi connectivity index (χ4v) is 1.89. The van der Waals surface area contributed by atoms with Crippen molar-refractivity contribution < 1.29 is 9.53 Å². The van der Waals surface area contributed by atoms with Gasteiger partial charge in [-0.15, -0.1) is 0 Å². The van der Waals surface area contributed by atoms with Crippen LogP contribution in [0.5, 0.6) is 0 Å². The Hall–Kier alpha value is -1.15. The summed E-state index contributed by atoms with van der Waals surface area (Å²) in [4.78, 5) is 10.9. The van der Waals surface area contributed by atoms with Gasteiger partial charge in [-0.2, -0.15) is 0 Å². The Kier molecular flexibility index (Phi) is 3.17. The number of Topliss-reactive ketones (excluding diaryl/α,β-unsaturated/α-hetero) is 1. The maximum atomic E-state index is 10.9. The van der Waals surface area contributed by atoms with Crippen molar-refractivity contribution in [2.75, 3.05) is 6.61 Å². The number of fused-ring (bicyclic) bond motifs is 1. The number of ether oxygens (including phenoxy) is 1. The first-order chi connectivity index (χ1) is 7.25. The normalized spacial score (nSPS) is 14.7. The molecular formula is C13H16O2. The zero-order valence-corrected chi connectivity index (χ0v) is 9.08. The van der Waals surface area contributed by atoms with Crippen molar-refractivity contribution >= 4 is 5.78 Å². The van der Waals surface area contributed by atoms with E-state index in [4.69, 9.17) is 4.74 Å². The van der Waals surface area contributed by atoms with E-state index in [0.29, 0.717) is 6.42 Å². The molecule has 0 spiro atoms. The molecule has 0 fully saturated rings. The number of hydrogen-bond acceptors (Lipinski definition) is 2. The molecule has 0 atom stereocenters. The van der Waals surface area contributed by atoms with Crippen LogP contribution >= 0.6 is 0 Å². The first kappa shape index (κ1) is 10.4. The van der Waals surface area contributed by atoms with Crippen molar-refractivity contribution in [2.45, 2.75) is 32.8 Å². The summed E-state index contributed by atoms with van der Waals surface area (Å²) >= 11 is 0. The summed E-state index contributed by atoms with van der Waals surface area (Å²) in [6, 6.07) is 6.46. The second-order valence-corrected chi connectivity index (χ2v) is 4.11. The molecule has 15 heavy (non-hydrogen) atoms. The first-order valence-electron chi connectivity index (χ1n) is 5.43. The lowest BCUT2D eigenvalue weighted by Crippen LogP contribution is -2.10. The van der Waals surface area contributed by atoms with Crippen LogP contribution in [0.25, 0.3) is 0 Å². The van der Waals surface area contributed by atoms with Gasteiger partial charge in [-0.25, -0.2) is 0 Å². The summed E-state index contributed by atoms with van der Waals surface area (Å²) in [6.07, 6.45) is 2.52. The van der Waals surface area contributed by atoms with Gasteiger partial charge in [-0.1, -0.05) is 18.2 Å². The minimum Gasteiger partial charge on any atom is -0.376 e. The van der Waals surface area contributed by atoms with Gasteiger partial charge >= 0.3 is 0 Å². The van der Waals surface area contributed by atoms with Gasteiger partial charge in [0, 0.05) is 6.42 Å². The molecule has 2 nitrogen and oxygen atoms in total. The molecule has 0 N–H and O–H groups in total. The standard InChI is InChI=1S/C13H16O2/c1-10(14)2-3-11-4-5-13-9-15-7-6-12(13)8-11/h4-5,8H,2-3,6-7,9H2,1H3. The number of carbonyl (C=O) groups excluding carboxylic acids is 1. The number of hydrogen-bond donors (Lipinski definition) is 0. The highest BCUT2D eigenvalue weighted by molar-refractivity contribution is 5.75. The highest BCUT2D eigenvalue weighted by Gasteiger charge is 2.09. The quantitative estimate of drug-likeness (QED) is 0.755. The van der Waals surface area contributed by atoms with Gasteiger partial charge in [-0.05, 0) is 36.5 Å². The van der Waals surface area contributed by atoms with Gasteiger partial charge in [-0.3, -0.25) is 0 Å². The fourth-order valence-electron chi connectivity index (χ4n) is 1.89. The number of aryl methyl sites for hydroxylation is 1. The Labute approximate surface area is 90.3 Å². The van der Waals surface area contributed by atoms with E-state index in [0.717, 1.165) is 26.1 Å². The molecule has 0 saturated carbocycles. The number of rotatable bonds is 3. The average Bonchev–Trinajstić information content (AvgIpc) is 2.26. The molecule has 2 heteroatoms. The van der Waals surface area contributed by atoms with Gasteiger partial charge < -0.3 is 9.53 Å². The third-order valence-electron chi connectivity index (χ3n) is 2.81. The lowest BCUT2D eigenvalue weighted by atomic mass is 9.98. The predicted molar refractivity (Wildman–Crippen MR) is 58.8 cm³/mol. The minimum atomic E-state index is 0.260. The Morgan fingerprint density at radius 1 is 1.40 bits per heavy atom. The Bertz CT molecular complexity index is 369. The molecule has 0 unspecified atom stereocenters. The summed E-state index contributed by atoms with van der Waals surface area (Å²) in [5, 5.41) is 0. The van der Waals surface area contributed by atoms with Crippen LogP contribution in [-0.4, -0.2) is 12.4 Å². The van der Waals surface area contributed by atoms with Crippen LogP contribution in [0, 0.1) is 0 Å². The Balaban J connectivity index is 2.10. The summed E-state index contributed by atoms with van der Waals surface area (Å²) in [5.41, 5.74) is 3.96. The molecule has 2 rings (SSSR count). The van der Waals surface area contributed by atoms with Crippen LogP contribution in [-0.2, 0) is 29.0 Å². The molecule has 1 aliphatic heterocycles. The van der Waals surface area contributed by atoms with E-state index in [1.54, 1.807) is 6.92 Å². The van der Waals surface area contributed by atoms with Gasteiger partial charge in [0.05, 0.1) is 13.2 Å². The van der Waals surface area contributed by atoms with Crippen molar-refractivity contribution in [2.24, 2.45) is 0 Å². The number of benzene rings is 1. The predicted octanol–water partition coefficient (Wildman–Crippen LogP) is 2.28. The van der Waals surface area contributed by atoms with E-state index in [9.17, 15) is 4.79 Å². The molecule has 0 amide bonds. The van der Waals surface area contributed by atoms with Crippen LogP contribution in [0.3, 0.4) is 0 Å². The zero-order chi connectivity index (χ0) is 10.7. The van der Waals surface area contributed by atoms with Crippen molar-refractivity contribution in [3.63, 3.8) is 0 Å². The lowest BCUT2D eigenvalue weighted by molar-refractivity contribution is -0.116. The van der Waals surface area contributed by atoms with Gasteiger partial charge in [0.15, 0.2) is 0 Å². The van der Waals surface area contributed by atoms with Crippen LogP contribution < -0.4 is 0 Å². The summed E-state index contributed by atoms with van der Waals surface area (Å²) in [5.74, 6) is 0.260. The minimum absolute atomic E-state index is 0.260. The third-order valence-corrected chi connectivity index (χ3v) is 2.81. The fraction of sp³-hybridized carbons (Fsp3) is 0.462. The Morgan fingerprint density at radius 2 is 2.27 bits per heavy atom. The third kappa shape index (κ3) is 2.66. The van der Waals surface area contributed by atoms with Gasteiger partial charge in [0.25, 0.3) is 0 Å². The van der Waals surface area contributed by atoms with Crippen LogP contribution in [0.15, 0.2) is 18.2 Å². The number of ketones is 1. The maximum Gasteiger partial charge on any atom is 0.130 e.